The highest BCUT2D eigenvalue weighted by Crippen LogP contribution is 2.23. The fourth-order valence-electron chi connectivity index (χ4n) is 3.21. The van der Waals surface area contributed by atoms with Gasteiger partial charge in [-0.1, -0.05) is 26.0 Å². The molecule has 0 bridgehead atoms. The minimum absolute atomic E-state index is 0. The van der Waals surface area contributed by atoms with Crippen LogP contribution in [0.1, 0.15) is 38.3 Å². The van der Waals surface area contributed by atoms with Crippen LogP contribution in [0.4, 0.5) is 4.79 Å². The Hall–Kier alpha value is -2.04. The van der Waals surface area contributed by atoms with Gasteiger partial charge in [0.2, 0.25) is 5.91 Å². The van der Waals surface area contributed by atoms with Gasteiger partial charge < -0.3 is 20.7 Å². The summed E-state index contributed by atoms with van der Waals surface area (Å²) in [7, 11) is 1.68. The van der Waals surface area contributed by atoms with Crippen molar-refractivity contribution in [3.63, 3.8) is 0 Å². The monoisotopic (exact) mass is 531 g/mol. The predicted octanol–water partition coefficient (Wildman–Crippen LogP) is 2.64. The SMILES string of the molecule is CN=C(NCCN1C(=O)CNC1=O)NCc1ccc(C)cc1OC(C)CC(C)C.I. The first kappa shape index (κ1) is 26.0. The molecule has 1 atom stereocenters. The van der Waals surface area contributed by atoms with Crippen molar-refractivity contribution in [3.8, 4) is 5.75 Å². The van der Waals surface area contributed by atoms with Crippen LogP contribution in [0.2, 0.25) is 0 Å². The number of benzene rings is 1. The van der Waals surface area contributed by atoms with E-state index in [1.54, 1.807) is 7.05 Å². The Morgan fingerprint density at radius 3 is 2.60 bits per heavy atom. The van der Waals surface area contributed by atoms with Gasteiger partial charge in [-0.15, -0.1) is 24.0 Å². The van der Waals surface area contributed by atoms with Gasteiger partial charge in [-0.2, -0.15) is 0 Å². The van der Waals surface area contributed by atoms with Gasteiger partial charge in [-0.3, -0.25) is 14.7 Å². The Labute approximate surface area is 196 Å². The van der Waals surface area contributed by atoms with E-state index in [1.165, 1.54) is 4.90 Å². The highest BCUT2D eigenvalue weighted by molar-refractivity contribution is 14.0. The molecule has 168 valence electrons. The molecule has 8 nitrogen and oxygen atoms in total. The molecule has 0 radical (unpaired) electrons. The second kappa shape index (κ2) is 12.6. The lowest BCUT2D eigenvalue weighted by molar-refractivity contribution is -0.124. The van der Waals surface area contributed by atoms with E-state index in [1.807, 2.05) is 6.92 Å². The molecule has 1 aliphatic rings. The second-order valence-corrected chi connectivity index (χ2v) is 7.73. The van der Waals surface area contributed by atoms with E-state index in [9.17, 15) is 9.59 Å². The molecule has 1 heterocycles. The third-order valence-electron chi connectivity index (χ3n) is 4.59. The number of rotatable bonds is 9. The first-order chi connectivity index (χ1) is 13.8. The van der Waals surface area contributed by atoms with Gasteiger partial charge in [0.05, 0.1) is 12.6 Å². The molecule has 1 aromatic carbocycles. The number of urea groups is 1. The minimum Gasteiger partial charge on any atom is -0.490 e. The normalized spacial score (nSPS) is 15.0. The number of guanidine groups is 1. The summed E-state index contributed by atoms with van der Waals surface area (Å²) in [5, 5.41) is 8.90. The topological polar surface area (TPSA) is 95.1 Å². The zero-order valence-electron chi connectivity index (χ0n) is 18.4. The van der Waals surface area contributed by atoms with Gasteiger partial charge in [0, 0.05) is 32.2 Å². The van der Waals surface area contributed by atoms with Crippen LogP contribution in [-0.4, -0.2) is 55.6 Å². The van der Waals surface area contributed by atoms with E-state index in [4.69, 9.17) is 4.74 Å². The number of aryl methyl sites for hydroxylation is 1. The van der Waals surface area contributed by atoms with Crippen molar-refractivity contribution in [2.45, 2.75) is 46.8 Å². The standard InChI is InChI=1S/C21H33N5O3.HI/c1-14(2)10-16(4)29-18-11-15(3)6-7-17(18)12-24-20(22-5)23-8-9-26-19(27)13-25-21(26)28;/h6-7,11,14,16H,8-10,12-13H2,1-5H3,(H,25,28)(H2,22,23,24);1H. The third-order valence-corrected chi connectivity index (χ3v) is 4.59. The number of nitrogens with one attached hydrogen (secondary N) is 3. The van der Waals surface area contributed by atoms with Crippen LogP contribution in [0.15, 0.2) is 23.2 Å². The highest BCUT2D eigenvalue weighted by atomic mass is 127. The van der Waals surface area contributed by atoms with E-state index < -0.39 is 0 Å². The van der Waals surface area contributed by atoms with Gasteiger partial charge in [-0.05, 0) is 37.8 Å². The largest absolute Gasteiger partial charge is 0.490 e. The van der Waals surface area contributed by atoms with Crippen LogP contribution in [0, 0.1) is 12.8 Å². The van der Waals surface area contributed by atoms with Crippen LogP contribution in [0.25, 0.3) is 0 Å². The quantitative estimate of drug-likeness (QED) is 0.197. The van der Waals surface area contributed by atoms with Crippen molar-refractivity contribution in [2.75, 3.05) is 26.7 Å². The number of halogens is 1. The number of nitrogens with zero attached hydrogens (tertiary/aromatic N) is 2. The molecular formula is C21H34IN5O3. The molecule has 3 amide bonds. The Balaban J connectivity index is 0.00000450. The van der Waals surface area contributed by atoms with Crippen LogP contribution < -0.4 is 20.7 Å². The Kier molecular flexibility index (Phi) is 10.9. The van der Waals surface area contributed by atoms with Gasteiger partial charge in [0.25, 0.3) is 0 Å². The van der Waals surface area contributed by atoms with Crippen molar-refractivity contribution >= 4 is 41.9 Å². The number of ether oxygens (including phenoxy) is 1. The van der Waals surface area contributed by atoms with Crippen LogP contribution in [-0.2, 0) is 11.3 Å². The van der Waals surface area contributed by atoms with E-state index in [0.717, 1.165) is 23.3 Å². The van der Waals surface area contributed by atoms with Gasteiger partial charge in [0.15, 0.2) is 5.96 Å². The minimum atomic E-state index is -0.350. The number of imide groups is 1. The fraction of sp³-hybridized carbons (Fsp3) is 0.571. The fourth-order valence-corrected chi connectivity index (χ4v) is 3.21. The third kappa shape index (κ3) is 8.00. The number of aliphatic imine (C=N–C) groups is 1. The summed E-state index contributed by atoms with van der Waals surface area (Å²) >= 11 is 0. The van der Waals surface area contributed by atoms with E-state index in [0.29, 0.717) is 25.0 Å². The number of hydrogen-bond donors (Lipinski definition) is 3. The lowest BCUT2D eigenvalue weighted by atomic mass is 10.1. The lowest BCUT2D eigenvalue weighted by Crippen LogP contribution is -2.43. The molecule has 0 spiro atoms. The summed E-state index contributed by atoms with van der Waals surface area (Å²) in [5.41, 5.74) is 2.19. The Bertz CT molecular complexity index is 738. The van der Waals surface area contributed by atoms with Crippen molar-refractivity contribution < 1.29 is 14.3 Å². The van der Waals surface area contributed by atoms with Crippen LogP contribution >= 0.6 is 24.0 Å². The van der Waals surface area contributed by atoms with Gasteiger partial charge in [-0.25, -0.2) is 4.79 Å². The lowest BCUT2D eigenvalue weighted by Gasteiger charge is -2.20. The number of carbonyl (C=O) groups is 2. The zero-order valence-corrected chi connectivity index (χ0v) is 20.8. The second-order valence-electron chi connectivity index (χ2n) is 7.73. The average Bonchev–Trinajstić information content (AvgIpc) is 2.96. The molecule has 30 heavy (non-hydrogen) atoms. The van der Waals surface area contributed by atoms with E-state index in [-0.39, 0.29) is 55.1 Å². The zero-order chi connectivity index (χ0) is 21.4. The Morgan fingerprint density at radius 2 is 2.00 bits per heavy atom. The maximum Gasteiger partial charge on any atom is 0.324 e. The molecule has 1 saturated heterocycles. The summed E-state index contributed by atoms with van der Waals surface area (Å²) in [6, 6.07) is 5.82. The molecule has 9 heteroatoms. The van der Waals surface area contributed by atoms with Crippen molar-refractivity contribution in [2.24, 2.45) is 10.9 Å². The number of hydrogen-bond acceptors (Lipinski definition) is 4. The maximum atomic E-state index is 11.6. The summed E-state index contributed by atoms with van der Waals surface area (Å²) in [6.07, 6.45) is 1.13. The van der Waals surface area contributed by atoms with Gasteiger partial charge in [0.1, 0.15) is 5.75 Å². The van der Waals surface area contributed by atoms with E-state index in [2.05, 4.69) is 59.9 Å². The maximum absolute atomic E-state index is 11.6. The van der Waals surface area contributed by atoms with Gasteiger partial charge >= 0.3 is 6.03 Å². The first-order valence-corrected chi connectivity index (χ1v) is 10.1. The molecule has 0 aromatic heterocycles. The number of carbonyl (C=O) groups excluding carboxylic acids is 2. The molecule has 2 rings (SSSR count). The Morgan fingerprint density at radius 1 is 1.27 bits per heavy atom. The van der Waals surface area contributed by atoms with Crippen molar-refractivity contribution in [1.29, 1.82) is 0 Å². The van der Waals surface area contributed by atoms with Crippen molar-refractivity contribution in [1.82, 2.24) is 20.9 Å². The summed E-state index contributed by atoms with van der Waals surface area (Å²) in [5.74, 6) is 1.83. The number of amides is 3. The average molecular weight is 531 g/mol. The van der Waals surface area contributed by atoms with Crippen LogP contribution in [0.3, 0.4) is 0 Å². The molecule has 1 aliphatic heterocycles. The molecular weight excluding hydrogens is 497 g/mol. The van der Waals surface area contributed by atoms with Crippen LogP contribution in [0.5, 0.6) is 5.75 Å². The molecule has 0 aliphatic carbocycles. The molecule has 3 N–H and O–H groups in total. The first-order valence-electron chi connectivity index (χ1n) is 10.1. The summed E-state index contributed by atoms with van der Waals surface area (Å²) in [6.45, 7) is 9.84. The van der Waals surface area contributed by atoms with Crippen molar-refractivity contribution in [3.05, 3.63) is 29.3 Å². The molecule has 1 unspecified atom stereocenters. The molecule has 1 fully saturated rings. The summed E-state index contributed by atoms with van der Waals surface area (Å²) in [4.78, 5) is 28.6. The summed E-state index contributed by atoms with van der Waals surface area (Å²) < 4.78 is 6.19. The molecule has 1 aromatic rings. The highest BCUT2D eigenvalue weighted by Gasteiger charge is 2.27. The predicted molar refractivity (Wildman–Crippen MR) is 129 cm³/mol. The van der Waals surface area contributed by atoms with E-state index >= 15 is 0 Å². The smallest absolute Gasteiger partial charge is 0.324 e. The molecule has 0 saturated carbocycles.